The first-order chi connectivity index (χ1) is 6.93. The Labute approximate surface area is 85.9 Å². The average molecular weight is 222 g/mol. The van der Waals surface area contributed by atoms with Crippen molar-refractivity contribution in [2.24, 2.45) is 0 Å². The molecule has 0 aromatic carbocycles. The first-order valence-corrected chi connectivity index (χ1v) is 4.44. The van der Waals surface area contributed by atoms with E-state index in [0.717, 1.165) is 0 Å². The summed E-state index contributed by atoms with van der Waals surface area (Å²) >= 11 is 0. The lowest BCUT2D eigenvalue weighted by atomic mass is 9.99. The van der Waals surface area contributed by atoms with E-state index in [-0.39, 0.29) is 6.61 Å². The van der Waals surface area contributed by atoms with Crippen LogP contribution in [0.15, 0.2) is 0 Å². The van der Waals surface area contributed by atoms with Crippen LogP contribution < -0.4 is 0 Å². The van der Waals surface area contributed by atoms with Gasteiger partial charge in [-0.25, -0.2) is 0 Å². The maximum Gasteiger partial charge on any atom is 0.302 e. The highest BCUT2D eigenvalue weighted by molar-refractivity contribution is 5.65. The molecule has 0 radical (unpaired) electrons. The second kappa shape index (κ2) is 4.86. The Morgan fingerprint density at radius 2 is 1.80 bits per heavy atom. The highest BCUT2D eigenvalue weighted by Crippen LogP contribution is 2.19. The highest BCUT2D eigenvalue weighted by Gasteiger charge is 2.43. The Balaban J connectivity index is 2.54. The van der Waals surface area contributed by atoms with Gasteiger partial charge in [-0.15, -0.1) is 0 Å². The first-order valence-electron chi connectivity index (χ1n) is 4.44. The van der Waals surface area contributed by atoms with Crippen molar-refractivity contribution in [1.82, 2.24) is 0 Å². The molecule has 0 aromatic rings. The van der Waals surface area contributed by atoms with Gasteiger partial charge in [0.2, 0.25) is 0 Å². The monoisotopic (exact) mass is 222 g/mol. The molecule has 1 fully saturated rings. The van der Waals surface area contributed by atoms with E-state index in [4.69, 9.17) is 14.9 Å². The van der Waals surface area contributed by atoms with Gasteiger partial charge in [-0.05, 0) is 0 Å². The van der Waals surface area contributed by atoms with Crippen molar-refractivity contribution in [3.8, 4) is 0 Å². The molecule has 3 unspecified atom stereocenters. The summed E-state index contributed by atoms with van der Waals surface area (Å²) in [5.41, 5.74) is 0. The van der Waals surface area contributed by atoms with E-state index in [1.54, 1.807) is 0 Å². The summed E-state index contributed by atoms with van der Waals surface area (Å²) < 4.78 is 9.31. The number of aliphatic hydroxyl groups excluding tert-OH is 4. The fraction of sp³-hybridized carbons (Fsp3) is 0.875. The van der Waals surface area contributed by atoms with Crippen LogP contribution in [-0.4, -0.2) is 63.7 Å². The quantitative estimate of drug-likeness (QED) is 0.377. The maximum absolute atomic E-state index is 10.5. The molecule has 1 rings (SSSR count). The Bertz CT molecular complexity index is 231. The van der Waals surface area contributed by atoms with E-state index in [1.807, 2.05) is 0 Å². The van der Waals surface area contributed by atoms with Gasteiger partial charge in [0.15, 0.2) is 6.29 Å². The van der Waals surface area contributed by atoms with E-state index in [2.05, 4.69) is 4.74 Å². The van der Waals surface area contributed by atoms with Crippen molar-refractivity contribution >= 4 is 5.97 Å². The molecule has 4 N–H and O–H groups in total. The molecule has 88 valence electrons. The number of aliphatic hydroxyl groups is 4. The van der Waals surface area contributed by atoms with E-state index in [0.29, 0.717) is 0 Å². The number of carbonyl (C=O) groups is 1. The zero-order chi connectivity index (χ0) is 11.6. The molecule has 7 nitrogen and oxygen atoms in total. The molecule has 1 aliphatic heterocycles. The minimum atomic E-state index is -1.61. The Morgan fingerprint density at radius 3 is 2.33 bits per heavy atom. The number of esters is 1. The second-order valence-electron chi connectivity index (χ2n) is 3.34. The van der Waals surface area contributed by atoms with Crippen LogP contribution in [0.3, 0.4) is 0 Å². The van der Waals surface area contributed by atoms with Crippen LogP contribution in [0, 0.1) is 0 Å². The molecule has 0 spiro atoms. The SMILES string of the molecule is CC(=O)OCC1OC(O)[C@@H](O)C(O)[C@H]1O. The fourth-order valence-corrected chi connectivity index (χ4v) is 1.27. The molecule has 0 aromatic heterocycles. The Hall–Kier alpha value is -0.730. The lowest BCUT2D eigenvalue weighted by Crippen LogP contribution is -2.58. The number of ether oxygens (including phenoxy) is 2. The standard InChI is InChI=1S/C8H14O7/c1-3(9)14-2-4-5(10)6(11)7(12)8(13)15-4/h4-8,10-13H,2H2,1H3/t4?,5-,6?,7-,8?/m0/s1. The summed E-state index contributed by atoms with van der Waals surface area (Å²) in [6, 6.07) is 0. The molecule has 7 heteroatoms. The topological polar surface area (TPSA) is 116 Å². The van der Waals surface area contributed by atoms with E-state index in [1.165, 1.54) is 6.92 Å². The van der Waals surface area contributed by atoms with Crippen molar-refractivity contribution in [2.75, 3.05) is 6.61 Å². The van der Waals surface area contributed by atoms with Crippen LogP contribution in [-0.2, 0) is 14.3 Å². The Morgan fingerprint density at radius 1 is 1.20 bits per heavy atom. The lowest BCUT2D eigenvalue weighted by molar-refractivity contribution is -0.287. The smallest absolute Gasteiger partial charge is 0.302 e. The van der Waals surface area contributed by atoms with Gasteiger partial charge in [0.05, 0.1) is 0 Å². The number of rotatable bonds is 2. The molecule has 0 bridgehead atoms. The maximum atomic E-state index is 10.5. The third-order valence-electron chi connectivity index (χ3n) is 2.14. The molecule has 1 aliphatic rings. The summed E-state index contributed by atoms with van der Waals surface area (Å²) in [5, 5.41) is 36.9. The predicted octanol–water partition coefficient (Wildman–Crippen LogP) is -2.65. The molecular weight excluding hydrogens is 208 g/mol. The average Bonchev–Trinajstić information content (AvgIpc) is 2.18. The van der Waals surface area contributed by atoms with Crippen molar-refractivity contribution < 1.29 is 34.7 Å². The summed E-state index contributed by atoms with van der Waals surface area (Å²) in [6.45, 7) is 0.883. The molecular formula is C8H14O7. The minimum Gasteiger partial charge on any atom is -0.463 e. The van der Waals surface area contributed by atoms with Crippen molar-refractivity contribution in [3.63, 3.8) is 0 Å². The largest absolute Gasteiger partial charge is 0.463 e. The van der Waals surface area contributed by atoms with Crippen LogP contribution in [0.4, 0.5) is 0 Å². The van der Waals surface area contributed by atoms with Gasteiger partial charge in [-0.2, -0.15) is 0 Å². The van der Waals surface area contributed by atoms with E-state index < -0.39 is 36.7 Å². The zero-order valence-corrected chi connectivity index (χ0v) is 8.11. The van der Waals surface area contributed by atoms with Crippen molar-refractivity contribution in [1.29, 1.82) is 0 Å². The molecule has 1 saturated heterocycles. The van der Waals surface area contributed by atoms with Crippen LogP contribution in [0.25, 0.3) is 0 Å². The van der Waals surface area contributed by atoms with Gasteiger partial charge in [0.25, 0.3) is 0 Å². The van der Waals surface area contributed by atoms with Gasteiger partial charge < -0.3 is 29.9 Å². The van der Waals surface area contributed by atoms with Gasteiger partial charge in [0, 0.05) is 6.92 Å². The Kier molecular flexibility index (Phi) is 4.00. The first kappa shape index (κ1) is 12.3. The van der Waals surface area contributed by atoms with Crippen LogP contribution >= 0.6 is 0 Å². The molecule has 5 atom stereocenters. The summed E-state index contributed by atoms with van der Waals surface area (Å²) in [6.07, 6.45) is -7.18. The minimum absolute atomic E-state index is 0.294. The molecule has 1 heterocycles. The lowest BCUT2D eigenvalue weighted by Gasteiger charge is -2.37. The van der Waals surface area contributed by atoms with Gasteiger partial charge in [-0.3, -0.25) is 4.79 Å². The summed E-state index contributed by atoms with van der Waals surface area (Å²) in [4.78, 5) is 10.5. The normalized spacial score (nSPS) is 41.3. The van der Waals surface area contributed by atoms with E-state index in [9.17, 15) is 15.0 Å². The van der Waals surface area contributed by atoms with Crippen molar-refractivity contribution in [2.45, 2.75) is 37.6 Å². The van der Waals surface area contributed by atoms with Gasteiger partial charge >= 0.3 is 5.97 Å². The van der Waals surface area contributed by atoms with Gasteiger partial charge in [-0.1, -0.05) is 0 Å². The van der Waals surface area contributed by atoms with Gasteiger partial charge in [0.1, 0.15) is 31.0 Å². The van der Waals surface area contributed by atoms with Crippen LogP contribution in [0.5, 0.6) is 0 Å². The van der Waals surface area contributed by atoms with Crippen molar-refractivity contribution in [3.05, 3.63) is 0 Å². The fourth-order valence-electron chi connectivity index (χ4n) is 1.27. The summed E-state index contributed by atoms with van der Waals surface area (Å²) in [5.74, 6) is -0.569. The number of carbonyl (C=O) groups excluding carboxylic acids is 1. The predicted molar refractivity (Wildman–Crippen MR) is 45.5 cm³/mol. The molecule has 0 aliphatic carbocycles. The van der Waals surface area contributed by atoms with Crippen LogP contribution in [0.1, 0.15) is 6.92 Å². The molecule has 0 saturated carbocycles. The van der Waals surface area contributed by atoms with Crippen LogP contribution in [0.2, 0.25) is 0 Å². The summed E-state index contributed by atoms with van der Waals surface area (Å²) in [7, 11) is 0. The zero-order valence-electron chi connectivity index (χ0n) is 8.11. The molecule has 0 amide bonds. The number of hydrogen-bond acceptors (Lipinski definition) is 7. The second-order valence-corrected chi connectivity index (χ2v) is 3.34. The highest BCUT2D eigenvalue weighted by atomic mass is 16.6. The third kappa shape index (κ3) is 2.86. The molecule has 15 heavy (non-hydrogen) atoms. The third-order valence-corrected chi connectivity index (χ3v) is 2.14. The number of hydrogen-bond donors (Lipinski definition) is 4. The van der Waals surface area contributed by atoms with E-state index >= 15 is 0 Å².